The molecule has 5 heteroatoms. The van der Waals surface area contributed by atoms with Crippen LogP contribution in [0.1, 0.15) is 20.9 Å². The van der Waals surface area contributed by atoms with Gasteiger partial charge in [-0.1, -0.05) is 66.2 Å². The van der Waals surface area contributed by atoms with E-state index in [0.29, 0.717) is 16.3 Å². The maximum atomic E-state index is 13.1. The standard InChI is InChI=1S/C26H19N3OS/c1-16-10-12-17(13-11-16)19-15-21(18-7-3-2-4-8-18)29-26-22(19)23(27)25(31-26)24(30)20-9-5-6-14-28-20/h2-15H,27H2,1H3. The predicted octanol–water partition coefficient (Wildman–Crippen LogP) is 6.15. The van der Waals surface area contributed by atoms with Gasteiger partial charge >= 0.3 is 0 Å². The third-order valence-corrected chi connectivity index (χ3v) is 6.33. The van der Waals surface area contributed by atoms with Gasteiger partial charge in [-0.2, -0.15) is 0 Å². The highest BCUT2D eigenvalue weighted by molar-refractivity contribution is 7.21. The summed E-state index contributed by atoms with van der Waals surface area (Å²) in [4.78, 5) is 23.4. The Hall–Kier alpha value is -3.83. The summed E-state index contributed by atoms with van der Waals surface area (Å²) in [6, 6.07) is 25.7. The van der Waals surface area contributed by atoms with Gasteiger partial charge in [-0.05, 0) is 36.2 Å². The molecule has 4 nitrogen and oxygen atoms in total. The Bertz CT molecular complexity index is 1390. The second-order valence-corrected chi connectivity index (χ2v) is 8.36. The zero-order valence-electron chi connectivity index (χ0n) is 16.9. The lowest BCUT2D eigenvalue weighted by Gasteiger charge is -2.09. The Morgan fingerprint density at radius 1 is 0.903 bits per heavy atom. The molecule has 0 spiro atoms. The van der Waals surface area contributed by atoms with E-state index >= 15 is 0 Å². The molecular formula is C26H19N3OS. The topological polar surface area (TPSA) is 68.9 Å². The molecule has 3 aromatic heterocycles. The third kappa shape index (κ3) is 3.49. The molecule has 0 radical (unpaired) electrons. The molecule has 5 rings (SSSR count). The van der Waals surface area contributed by atoms with Crippen LogP contribution >= 0.6 is 11.3 Å². The van der Waals surface area contributed by atoms with Crippen LogP contribution in [0.4, 0.5) is 5.69 Å². The van der Waals surface area contributed by atoms with Gasteiger partial charge in [-0.3, -0.25) is 9.78 Å². The Kier molecular flexibility index (Phi) is 4.81. The first-order valence-corrected chi connectivity index (χ1v) is 10.7. The lowest BCUT2D eigenvalue weighted by molar-refractivity contribution is 0.103. The van der Waals surface area contributed by atoms with Crippen LogP contribution < -0.4 is 5.73 Å². The molecule has 3 heterocycles. The predicted molar refractivity (Wildman–Crippen MR) is 127 cm³/mol. The maximum absolute atomic E-state index is 13.1. The number of hydrogen-bond acceptors (Lipinski definition) is 5. The van der Waals surface area contributed by atoms with Gasteiger partial charge < -0.3 is 5.73 Å². The number of nitrogens with two attached hydrogens (primary N) is 1. The number of fused-ring (bicyclic) bond motifs is 1. The van der Waals surface area contributed by atoms with Gasteiger partial charge in [0.2, 0.25) is 5.78 Å². The molecule has 0 aliphatic carbocycles. The zero-order valence-corrected chi connectivity index (χ0v) is 17.7. The molecule has 0 saturated heterocycles. The Labute approximate surface area is 184 Å². The van der Waals surface area contributed by atoms with Crippen molar-refractivity contribution in [2.45, 2.75) is 6.92 Å². The quantitative estimate of drug-likeness (QED) is 0.354. The number of nitrogen functional groups attached to an aromatic ring is 1. The van der Waals surface area contributed by atoms with Crippen LogP contribution in [0.2, 0.25) is 0 Å². The van der Waals surface area contributed by atoms with Crippen LogP contribution in [-0.4, -0.2) is 15.8 Å². The molecule has 5 aromatic rings. The van der Waals surface area contributed by atoms with Crippen molar-refractivity contribution < 1.29 is 4.79 Å². The summed E-state index contributed by atoms with van der Waals surface area (Å²) in [6.07, 6.45) is 1.61. The van der Waals surface area contributed by atoms with Gasteiger partial charge in [0.25, 0.3) is 0 Å². The minimum Gasteiger partial charge on any atom is -0.397 e. The maximum Gasteiger partial charge on any atom is 0.223 e. The number of aryl methyl sites for hydroxylation is 1. The highest BCUT2D eigenvalue weighted by atomic mass is 32.1. The first-order valence-electron chi connectivity index (χ1n) is 9.93. The zero-order chi connectivity index (χ0) is 21.4. The average Bonchev–Trinajstić information content (AvgIpc) is 3.16. The number of rotatable bonds is 4. The molecule has 0 aliphatic heterocycles. The fourth-order valence-corrected chi connectivity index (χ4v) is 4.69. The van der Waals surface area contributed by atoms with Crippen LogP contribution in [0.5, 0.6) is 0 Å². The lowest BCUT2D eigenvalue weighted by Crippen LogP contribution is -2.04. The number of benzene rings is 2. The van der Waals surface area contributed by atoms with Gasteiger partial charge in [0.05, 0.1) is 11.4 Å². The fraction of sp³-hybridized carbons (Fsp3) is 0.0385. The number of ketones is 1. The van der Waals surface area contributed by atoms with Crippen molar-refractivity contribution in [3.63, 3.8) is 0 Å². The molecule has 0 fully saturated rings. The largest absolute Gasteiger partial charge is 0.397 e. The fourth-order valence-electron chi connectivity index (χ4n) is 3.62. The smallest absolute Gasteiger partial charge is 0.223 e. The van der Waals surface area contributed by atoms with Gasteiger partial charge in [-0.25, -0.2) is 4.98 Å². The lowest BCUT2D eigenvalue weighted by atomic mass is 9.98. The van der Waals surface area contributed by atoms with E-state index in [4.69, 9.17) is 10.7 Å². The number of pyridine rings is 2. The Balaban J connectivity index is 1.77. The Morgan fingerprint density at radius 2 is 1.65 bits per heavy atom. The van der Waals surface area contributed by atoms with Crippen LogP contribution in [0, 0.1) is 6.92 Å². The first-order chi connectivity index (χ1) is 15.1. The second kappa shape index (κ2) is 7.78. The summed E-state index contributed by atoms with van der Waals surface area (Å²) in [5.41, 5.74) is 12.4. The molecule has 2 N–H and O–H groups in total. The van der Waals surface area contributed by atoms with E-state index < -0.39 is 0 Å². The monoisotopic (exact) mass is 421 g/mol. The summed E-state index contributed by atoms with van der Waals surface area (Å²) in [5, 5.41) is 0.813. The summed E-state index contributed by atoms with van der Waals surface area (Å²) >= 11 is 1.32. The first kappa shape index (κ1) is 19.2. The van der Waals surface area contributed by atoms with E-state index in [1.807, 2.05) is 30.3 Å². The van der Waals surface area contributed by atoms with Crippen molar-refractivity contribution in [3.8, 4) is 22.4 Å². The summed E-state index contributed by atoms with van der Waals surface area (Å²) in [6.45, 7) is 2.06. The molecule has 0 amide bonds. The van der Waals surface area contributed by atoms with Crippen LogP contribution in [0.25, 0.3) is 32.6 Å². The highest BCUT2D eigenvalue weighted by Gasteiger charge is 2.23. The molecular weight excluding hydrogens is 402 g/mol. The molecule has 0 saturated carbocycles. The van der Waals surface area contributed by atoms with E-state index in [2.05, 4.69) is 42.2 Å². The molecule has 0 atom stereocenters. The minimum absolute atomic E-state index is 0.183. The number of anilines is 1. The van der Waals surface area contributed by atoms with E-state index in [0.717, 1.165) is 32.6 Å². The highest BCUT2D eigenvalue weighted by Crippen LogP contribution is 2.42. The van der Waals surface area contributed by atoms with Gasteiger partial charge in [0.15, 0.2) is 0 Å². The minimum atomic E-state index is -0.183. The van der Waals surface area contributed by atoms with E-state index in [9.17, 15) is 4.79 Å². The van der Waals surface area contributed by atoms with Gasteiger partial charge in [0, 0.05) is 17.1 Å². The number of hydrogen-bond donors (Lipinski definition) is 1. The molecule has 31 heavy (non-hydrogen) atoms. The van der Waals surface area contributed by atoms with Crippen molar-refractivity contribution >= 4 is 33.0 Å². The number of thiophene rings is 1. The molecule has 150 valence electrons. The summed E-state index contributed by atoms with van der Waals surface area (Å²) in [5.74, 6) is -0.183. The molecule has 0 unspecified atom stereocenters. The van der Waals surface area contributed by atoms with Crippen LogP contribution in [-0.2, 0) is 0 Å². The summed E-state index contributed by atoms with van der Waals surface area (Å²) in [7, 11) is 0. The Morgan fingerprint density at radius 3 is 2.35 bits per heavy atom. The van der Waals surface area contributed by atoms with E-state index in [1.54, 1.807) is 24.4 Å². The molecule has 0 bridgehead atoms. The van der Waals surface area contributed by atoms with Gasteiger partial charge in [-0.15, -0.1) is 11.3 Å². The summed E-state index contributed by atoms with van der Waals surface area (Å²) < 4.78 is 0. The number of aromatic nitrogens is 2. The van der Waals surface area contributed by atoms with Crippen LogP contribution in [0.15, 0.2) is 85.1 Å². The average molecular weight is 422 g/mol. The van der Waals surface area contributed by atoms with Crippen LogP contribution in [0.3, 0.4) is 0 Å². The second-order valence-electron chi connectivity index (χ2n) is 7.36. The number of carbonyl (C=O) groups is 1. The SMILES string of the molecule is Cc1ccc(-c2cc(-c3ccccc3)nc3sc(C(=O)c4ccccn4)c(N)c23)cc1. The van der Waals surface area contributed by atoms with Crippen molar-refractivity contribution in [3.05, 3.63) is 101 Å². The number of nitrogens with zero attached hydrogens (tertiary/aromatic N) is 2. The molecule has 0 aliphatic rings. The van der Waals surface area contributed by atoms with E-state index in [1.165, 1.54) is 16.9 Å². The molecule has 2 aromatic carbocycles. The van der Waals surface area contributed by atoms with Crippen molar-refractivity contribution in [1.29, 1.82) is 0 Å². The normalized spacial score (nSPS) is 11.0. The third-order valence-electron chi connectivity index (χ3n) is 5.23. The van der Waals surface area contributed by atoms with Gasteiger partial charge in [0.1, 0.15) is 15.4 Å². The van der Waals surface area contributed by atoms with Crippen molar-refractivity contribution in [2.75, 3.05) is 5.73 Å². The number of carbonyl (C=O) groups excluding carboxylic acids is 1. The van der Waals surface area contributed by atoms with E-state index in [-0.39, 0.29) is 5.78 Å². The van der Waals surface area contributed by atoms with Crippen molar-refractivity contribution in [2.24, 2.45) is 0 Å². The van der Waals surface area contributed by atoms with Crippen molar-refractivity contribution in [1.82, 2.24) is 9.97 Å².